The summed E-state index contributed by atoms with van der Waals surface area (Å²) in [6.07, 6.45) is 4.76. The van der Waals surface area contributed by atoms with E-state index < -0.39 is 41.7 Å². The molecule has 0 spiro atoms. The predicted octanol–water partition coefficient (Wildman–Crippen LogP) is 8.34. The number of aliphatic hydroxyl groups excluding tert-OH is 1. The van der Waals surface area contributed by atoms with E-state index in [0.29, 0.717) is 13.2 Å². The maximum absolute atomic E-state index is 8.87. The lowest BCUT2D eigenvalue weighted by atomic mass is 10.4. The van der Waals surface area contributed by atoms with Gasteiger partial charge < -0.3 is 22.3 Å². The van der Waals surface area contributed by atoms with Gasteiger partial charge in [0.25, 0.3) is 0 Å². The molecule has 0 amide bonds. The lowest BCUT2D eigenvalue weighted by Gasteiger charge is -2.44. The van der Waals surface area contributed by atoms with Crippen LogP contribution < -0.4 is 0 Å². The Kier molecular flexibility index (Phi) is 20.2. The average Bonchev–Trinajstić information content (AvgIpc) is 2.60. The van der Waals surface area contributed by atoms with E-state index >= 15 is 0 Å². The highest BCUT2D eigenvalue weighted by molar-refractivity contribution is 6.90. The van der Waals surface area contributed by atoms with Crippen molar-refractivity contribution in [1.29, 1.82) is 0 Å². The highest BCUT2D eigenvalue weighted by Gasteiger charge is 2.41. The van der Waals surface area contributed by atoms with Crippen molar-refractivity contribution in [1.82, 2.24) is 4.23 Å². The lowest BCUT2D eigenvalue weighted by molar-refractivity contribution is 0.0923. The molecule has 0 aliphatic heterocycles. The van der Waals surface area contributed by atoms with Crippen LogP contribution in [0.2, 0.25) is 90.1 Å². The third kappa shape index (κ3) is 18.7. The Hall–Kier alpha value is 0.884. The van der Waals surface area contributed by atoms with Gasteiger partial charge in [0, 0.05) is 6.61 Å². The lowest BCUT2D eigenvalue weighted by Crippen LogP contribution is -2.59. The van der Waals surface area contributed by atoms with Gasteiger partial charge in [0.05, 0.1) is 13.2 Å². The summed E-state index contributed by atoms with van der Waals surface area (Å²) in [7, 11) is -8.46. The molecule has 0 rings (SSSR count). The molecule has 0 aromatic carbocycles. The van der Waals surface area contributed by atoms with Crippen LogP contribution in [-0.4, -0.2) is 77.4 Å². The number of ether oxygens (including phenoxy) is 1. The van der Waals surface area contributed by atoms with Crippen molar-refractivity contribution >= 4 is 41.7 Å². The summed E-state index contributed by atoms with van der Waals surface area (Å²) in [4.78, 5) is 0. The molecule has 0 aromatic heterocycles. The predicted molar refractivity (Wildman–Crippen MR) is 172 cm³/mol. The monoisotopic (exact) mass is 585 g/mol. The first-order valence-electron chi connectivity index (χ1n) is 13.2. The molecule has 0 saturated carbocycles. The molecule has 0 fully saturated rings. The molecule has 1 N–H and O–H groups in total. The second-order valence-electron chi connectivity index (χ2n) is 13.0. The van der Waals surface area contributed by atoms with Crippen LogP contribution in [-0.2, 0) is 13.0 Å². The van der Waals surface area contributed by atoms with E-state index in [1.807, 2.05) is 0 Å². The summed E-state index contributed by atoms with van der Waals surface area (Å²) in [6, 6.07) is 3.57. The van der Waals surface area contributed by atoms with Crippen LogP contribution >= 0.6 is 0 Å². The normalized spacial score (nSPS) is 14.9. The van der Waals surface area contributed by atoms with Crippen LogP contribution in [0.25, 0.3) is 0 Å². The minimum Gasteiger partial charge on any atom is -0.437 e. The Morgan fingerprint density at radius 3 is 1.63 bits per heavy atom. The second kappa shape index (κ2) is 17.5. The zero-order chi connectivity index (χ0) is 26.0. The van der Waals surface area contributed by atoms with Gasteiger partial charge in [-0.15, -0.1) is 0 Å². The molecule has 10 heteroatoms. The largest absolute Gasteiger partial charge is 0.437 e. The topological polar surface area (TPSA) is 51.2 Å². The number of rotatable bonds is 19. The van der Waals surface area contributed by atoms with Crippen LogP contribution in [0.3, 0.4) is 0 Å². The molecular weight excluding hydrogens is 519 g/mol. The molecule has 0 bridgehead atoms. The summed E-state index contributed by atoms with van der Waals surface area (Å²) in [5.41, 5.74) is 0. The summed E-state index contributed by atoms with van der Waals surface area (Å²) < 4.78 is 22.3. The van der Waals surface area contributed by atoms with Crippen LogP contribution in [0.15, 0.2) is 0 Å². The standard InChI is InChI=1S/C23H59NO4Si5.2CH4/c1-13-14-22-33(12,23-15-17-24(29(2,3)4)30(5,6)7)28-32(10,11)27-31(8,9)21-16-19-26-20-18-25;;/h25H,13-23H2,1-12H3;2*1H4. The van der Waals surface area contributed by atoms with E-state index in [9.17, 15) is 0 Å². The van der Waals surface area contributed by atoms with Crippen LogP contribution in [0.5, 0.6) is 0 Å². The zero-order valence-electron chi connectivity index (χ0n) is 24.4. The molecule has 5 nitrogen and oxygen atoms in total. The fraction of sp³-hybridized carbons (Fsp3) is 1.00. The van der Waals surface area contributed by atoms with Gasteiger partial charge in [-0.3, -0.25) is 0 Å². The molecule has 0 radical (unpaired) electrons. The zero-order valence-corrected chi connectivity index (χ0v) is 29.4. The molecule has 1 unspecified atom stereocenters. The Bertz CT molecular complexity index is 525. The fourth-order valence-electron chi connectivity index (χ4n) is 5.16. The van der Waals surface area contributed by atoms with Crippen molar-refractivity contribution in [3.05, 3.63) is 0 Å². The Labute approximate surface area is 227 Å². The molecule has 1 atom stereocenters. The average molecular weight is 586 g/mol. The van der Waals surface area contributed by atoms with E-state index in [2.05, 4.69) is 83.2 Å². The summed E-state index contributed by atoms with van der Waals surface area (Å²) in [5.74, 6) is 0. The molecule has 0 aliphatic carbocycles. The molecule has 216 valence electrons. The van der Waals surface area contributed by atoms with Crippen molar-refractivity contribution in [2.45, 2.75) is 138 Å². The quantitative estimate of drug-likeness (QED) is 0.122. The number of aliphatic hydroxyl groups is 1. The van der Waals surface area contributed by atoms with E-state index in [0.717, 1.165) is 12.5 Å². The molecular formula is C25H67NO4Si5. The highest BCUT2D eigenvalue weighted by Crippen LogP contribution is 2.30. The second-order valence-corrected chi connectivity index (χ2v) is 35.5. The molecule has 0 saturated heterocycles. The van der Waals surface area contributed by atoms with Crippen molar-refractivity contribution in [3.8, 4) is 0 Å². The Morgan fingerprint density at radius 2 is 1.17 bits per heavy atom. The van der Waals surface area contributed by atoms with Crippen molar-refractivity contribution < 1.29 is 18.1 Å². The van der Waals surface area contributed by atoms with Gasteiger partial charge in [0.1, 0.15) is 16.5 Å². The van der Waals surface area contributed by atoms with Crippen molar-refractivity contribution in [3.63, 3.8) is 0 Å². The van der Waals surface area contributed by atoms with E-state index in [4.69, 9.17) is 18.1 Å². The maximum Gasteiger partial charge on any atom is 0.311 e. The molecule has 35 heavy (non-hydrogen) atoms. The van der Waals surface area contributed by atoms with Crippen LogP contribution in [0.4, 0.5) is 0 Å². The van der Waals surface area contributed by atoms with Gasteiger partial charge in [-0.1, -0.05) is 73.9 Å². The fourth-order valence-corrected chi connectivity index (χ4v) is 30.0. The van der Waals surface area contributed by atoms with Crippen molar-refractivity contribution in [2.24, 2.45) is 0 Å². The van der Waals surface area contributed by atoms with Crippen LogP contribution in [0, 0.1) is 0 Å². The van der Waals surface area contributed by atoms with Crippen LogP contribution in [0.1, 0.15) is 47.5 Å². The van der Waals surface area contributed by atoms with E-state index in [1.165, 1.54) is 37.9 Å². The van der Waals surface area contributed by atoms with Gasteiger partial charge in [0.15, 0.2) is 16.6 Å². The van der Waals surface area contributed by atoms with Gasteiger partial charge in [-0.05, 0) is 70.3 Å². The summed E-state index contributed by atoms with van der Waals surface area (Å²) >= 11 is 0. The minimum atomic E-state index is -2.20. The van der Waals surface area contributed by atoms with Crippen molar-refractivity contribution in [2.75, 3.05) is 26.4 Å². The van der Waals surface area contributed by atoms with Gasteiger partial charge in [0.2, 0.25) is 0 Å². The number of nitrogens with zero attached hydrogens (tertiary/aromatic N) is 1. The van der Waals surface area contributed by atoms with Gasteiger partial charge >= 0.3 is 8.56 Å². The number of unbranched alkanes of at least 4 members (excludes halogenated alkanes) is 1. The van der Waals surface area contributed by atoms with E-state index in [-0.39, 0.29) is 21.5 Å². The van der Waals surface area contributed by atoms with Gasteiger partial charge in [-0.25, -0.2) is 0 Å². The third-order valence-electron chi connectivity index (χ3n) is 6.08. The first kappa shape index (κ1) is 40.4. The molecule has 0 heterocycles. The maximum atomic E-state index is 8.87. The number of hydrogen-bond donors (Lipinski definition) is 1. The first-order chi connectivity index (χ1) is 14.9. The SMILES string of the molecule is C.C.CCCC[Si](C)(CCCN([Si](C)(C)C)[Si](C)(C)C)O[Si](C)(C)O[Si](C)(C)CCCOCCO. The smallest absolute Gasteiger partial charge is 0.311 e. The summed E-state index contributed by atoms with van der Waals surface area (Å²) in [6.45, 7) is 31.4. The first-order valence-corrected chi connectivity index (χ1v) is 28.9. The summed E-state index contributed by atoms with van der Waals surface area (Å²) in [5, 5.41) is 8.87. The Balaban J connectivity index is -0.00000512. The Morgan fingerprint density at radius 1 is 0.657 bits per heavy atom. The third-order valence-corrected chi connectivity index (χ3v) is 26.3. The van der Waals surface area contributed by atoms with Gasteiger partial charge in [-0.2, -0.15) is 0 Å². The molecule has 0 aliphatic rings. The highest BCUT2D eigenvalue weighted by atomic mass is 28.5. The molecule has 0 aromatic rings. The number of hydrogen-bond acceptors (Lipinski definition) is 5. The minimum absolute atomic E-state index is 0. The van der Waals surface area contributed by atoms with E-state index in [1.54, 1.807) is 0 Å².